The highest BCUT2D eigenvalue weighted by molar-refractivity contribution is 5.85. The molecule has 0 aliphatic rings. The molecule has 0 spiro atoms. The van der Waals surface area contributed by atoms with Crippen LogP contribution in [0.5, 0.6) is 0 Å². The monoisotopic (exact) mass is 351 g/mol. The van der Waals surface area contributed by atoms with Gasteiger partial charge >= 0.3 is 0 Å². The van der Waals surface area contributed by atoms with Crippen LogP contribution in [-0.4, -0.2) is 25.8 Å². The number of rotatable bonds is 16. The second-order valence-corrected chi connectivity index (χ2v) is 6.53. The lowest BCUT2D eigenvalue weighted by Gasteiger charge is -2.03. The van der Waals surface area contributed by atoms with Gasteiger partial charge in [-0.05, 0) is 20.5 Å². The van der Waals surface area contributed by atoms with Crippen molar-refractivity contribution < 1.29 is 5.11 Å². The van der Waals surface area contributed by atoms with Crippen LogP contribution in [-0.2, 0) is 0 Å². The first-order chi connectivity index (χ1) is 10.8. The molecule has 3 heteroatoms. The smallest absolute Gasteiger partial charge is 0.0431 e. The molecule has 0 aromatic heterocycles. The third-order valence-electron chi connectivity index (χ3n) is 4.01. The van der Waals surface area contributed by atoms with Gasteiger partial charge in [0.05, 0.1) is 0 Å². The molecule has 0 unspecified atom stereocenters. The average Bonchev–Trinajstić information content (AvgIpc) is 2.52. The fraction of sp³-hybridized carbons (Fsp3) is 1.00. The molecule has 0 radical (unpaired) electrons. The fourth-order valence-electron chi connectivity index (χ4n) is 2.66. The zero-order chi connectivity index (χ0) is 16.7. The van der Waals surface area contributed by atoms with Gasteiger partial charge in [-0.1, -0.05) is 103 Å². The fourth-order valence-corrected chi connectivity index (χ4v) is 2.66. The van der Waals surface area contributed by atoms with Crippen molar-refractivity contribution in [2.45, 2.75) is 110 Å². The molecule has 23 heavy (non-hydrogen) atoms. The predicted molar refractivity (Wildman–Crippen MR) is 109 cm³/mol. The van der Waals surface area contributed by atoms with E-state index >= 15 is 0 Å². The lowest BCUT2D eigenvalue weighted by Crippen LogP contribution is -1.89. The Labute approximate surface area is 153 Å². The lowest BCUT2D eigenvalue weighted by atomic mass is 10.0. The number of aliphatic hydroxyl groups is 1. The highest BCUT2D eigenvalue weighted by Gasteiger charge is 1.94. The van der Waals surface area contributed by atoms with Crippen molar-refractivity contribution in [3.8, 4) is 0 Å². The second-order valence-electron chi connectivity index (χ2n) is 6.53. The number of halogens is 1. The van der Waals surface area contributed by atoms with Gasteiger partial charge in [0.2, 0.25) is 0 Å². The molecule has 0 heterocycles. The minimum absolute atomic E-state index is 0. The van der Waals surface area contributed by atoms with Crippen LogP contribution in [0.3, 0.4) is 0 Å². The number of hydrogen-bond acceptors (Lipinski definition) is 2. The van der Waals surface area contributed by atoms with Crippen molar-refractivity contribution in [1.82, 2.24) is 5.32 Å². The second kappa shape index (κ2) is 30.1. The quantitative estimate of drug-likeness (QED) is 0.311. The molecular weight excluding hydrogens is 306 g/mol. The van der Waals surface area contributed by atoms with Crippen molar-refractivity contribution in [2.24, 2.45) is 0 Å². The van der Waals surface area contributed by atoms with E-state index in [9.17, 15) is 0 Å². The van der Waals surface area contributed by atoms with Gasteiger partial charge in [-0.25, -0.2) is 0 Å². The van der Waals surface area contributed by atoms with Crippen molar-refractivity contribution in [3.05, 3.63) is 0 Å². The van der Waals surface area contributed by atoms with Gasteiger partial charge in [-0.3, -0.25) is 0 Å². The molecule has 0 aromatic carbocycles. The summed E-state index contributed by atoms with van der Waals surface area (Å²) >= 11 is 0. The molecule has 144 valence electrons. The minimum Gasteiger partial charge on any atom is -0.396 e. The molecule has 0 amide bonds. The summed E-state index contributed by atoms with van der Waals surface area (Å²) in [6, 6.07) is 0. The SMILES string of the molecule is CCCCCCCCCCCCCCCCCCO.CNC.Cl. The maximum absolute atomic E-state index is 8.67. The first kappa shape index (κ1) is 28.0. The number of nitrogens with one attached hydrogen (secondary N) is 1. The Bertz CT molecular complexity index is 152. The standard InChI is InChI=1S/C18H38O.C2H7N.ClH/c1-2-3-4-5-6-7-8-9-10-11-12-13-14-15-16-17-18-19;1-3-2;/h19H,2-18H2,1H3;3H,1-2H3;1H. The lowest BCUT2D eigenvalue weighted by molar-refractivity contribution is 0.282. The van der Waals surface area contributed by atoms with E-state index in [2.05, 4.69) is 12.2 Å². The van der Waals surface area contributed by atoms with Gasteiger partial charge in [0.25, 0.3) is 0 Å². The zero-order valence-electron chi connectivity index (χ0n) is 16.4. The average molecular weight is 352 g/mol. The molecule has 0 rings (SSSR count). The Morgan fingerprint density at radius 3 is 0.957 bits per heavy atom. The number of unbranched alkanes of at least 4 members (excludes halogenated alkanes) is 15. The van der Waals surface area contributed by atoms with Crippen LogP contribution in [0.15, 0.2) is 0 Å². The molecule has 0 aromatic rings. The maximum Gasteiger partial charge on any atom is 0.0431 e. The number of hydrogen-bond donors (Lipinski definition) is 2. The summed E-state index contributed by atoms with van der Waals surface area (Å²) in [6.45, 7) is 2.66. The van der Waals surface area contributed by atoms with E-state index in [0.717, 1.165) is 6.42 Å². The summed E-state index contributed by atoms with van der Waals surface area (Å²) in [5, 5.41) is 11.4. The van der Waals surface area contributed by atoms with Crippen molar-refractivity contribution in [1.29, 1.82) is 0 Å². The molecular formula is C20H46ClNO. The summed E-state index contributed by atoms with van der Waals surface area (Å²) in [7, 11) is 3.75. The van der Waals surface area contributed by atoms with Gasteiger partial charge in [-0.2, -0.15) is 0 Å². The first-order valence-corrected chi connectivity index (χ1v) is 10.0. The van der Waals surface area contributed by atoms with E-state index in [1.165, 1.54) is 96.3 Å². The molecule has 0 aliphatic heterocycles. The van der Waals surface area contributed by atoms with E-state index in [-0.39, 0.29) is 12.4 Å². The third-order valence-corrected chi connectivity index (χ3v) is 4.01. The summed E-state index contributed by atoms with van der Waals surface area (Å²) in [4.78, 5) is 0. The molecule has 0 atom stereocenters. The first-order valence-electron chi connectivity index (χ1n) is 10.0. The van der Waals surface area contributed by atoms with Gasteiger partial charge in [0.1, 0.15) is 0 Å². The highest BCUT2D eigenvalue weighted by Crippen LogP contribution is 2.13. The topological polar surface area (TPSA) is 32.3 Å². The van der Waals surface area contributed by atoms with Gasteiger partial charge < -0.3 is 10.4 Å². The van der Waals surface area contributed by atoms with Crippen LogP contribution in [0.1, 0.15) is 110 Å². The Morgan fingerprint density at radius 1 is 0.522 bits per heavy atom. The minimum atomic E-state index is 0. The van der Waals surface area contributed by atoms with Gasteiger partial charge in [0.15, 0.2) is 0 Å². The normalized spacial score (nSPS) is 9.91. The van der Waals surface area contributed by atoms with E-state index in [0.29, 0.717) is 6.61 Å². The van der Waals surface area contributed by atoms with E-state index in [1.807, 2.05) is 14.1 Å². The van der Waals surface area contributed by atoms with Gasteiger partial charge in [0, 0.05) is 6.61 Å². The number of aliphatic hydroxyl groups excluding tert-OH is 1. The zero-order valence-corrected chi connectivity index (χ0v) is 17.2. The molecule has 0 fully saturated rings. The summed E-state index contributed by atoms with van der Waals surface area (Å²) in [5.74, 6) is 0. The van der Waals surface area contributed by atoms with Crippen molar-refractivity contribution >= 4 is 12.4 Å². The van der Waals surface area contributed by atoms with Crippen LogP contribution >= 0.6 is 12.4 Å². The van der Waals surface area contributed by atoms with Crippen molar-refractivity contribution in [2.75, 3.05) is 20.7 Å². The van der Waals surface area contributed by atoms with Crippen LogP contribution < -0.4 is 5.32 Å². The van der Waals surface area contributed by atoms with E-state index in [1.54, 1.807) is 0 Å². The van der Waals surface area contributed by atoms with E-state index in [4.69, 9.17) is 5.11 Å². The van der Waals surface area contributed by atoms with Crippen LogP contribution in [0, 0.1) is 0 Å². The molecule has 2 N–H and O–H groups in total. The largest absolute Gasteiger partial charge is 0.396 e. The maximum atomic E-state index is 8.67. The summed E-state index contributed by atoms with van der Waals surface area (Å²) < 4.78 is 0. The Hall–Kier alpha value is 0.210. The summed E-state index contributed by atoms with van der Waals surface area (Å²) in [6.07, 6.45) is 22.2. The highest BCUT2D eigenvalue weighted by atomic mass is 35.5. The Morgan fingerprint density at radius 2 is 0.739 bits per heavy atom. The van der Waals surface area contributed by atoms with Crippen LogP contribution in [0.4, 0.5) is 0 Å². The molecule has 0 bridgehead atoms. The Kier molecular flexibility index (Phi) is 36.7. The van der Waals surface area contributed by atoms with Gasteiger partial charge in [-0.15, -0.1) is 12.4 Å². The third kappa shape index (κ3) is 34.5. The molecule has 2 nitrogen and oxygen atoms in total. The van der Waals surface area contributed by atoms with Crippen LogP contribution in [0.25, 0.3) is 0 Å². The molecule has 0 saturated heterocycles. The Balaban J connectivity index is -0.000000920. The summed E-state index contributed by atoms with van der Waals surface area (Å²) in [5.41, 5.74) is 0. The molecule has 0 saturated carbocycles. The van der Waals surface area contributed by atoms with Crippen LogP contribution in [0.2, 0.25) is 0 Å². The predicted octanol–water partition coefficient (Wildman–Crippen LogP) is 6.50. The molecule has 0 aliphatic carbocycles. The van der Waals surface area contributed by atoms with Crippen molar-refractivity contribution in [3.63, 3.8) is 0 Å². The van der Waals surface area contributed by atoms with E-state index < -0.39 is 0 Å².